The molecule has 21 heavy (non-hydrogen) atoms. The smallest absolute Gasteiger partial charge is 0.192 e. The van der Waals surface area contributed by atoms with Gasteiger partial charge in [0.15, 0.2) is 8.32 Å². The Balaban J connectivity index is 2.27. The molecule has 3 N–H and O–H groups in total. The summed E-state index contributed by atoms with van der Waals surface area (Å²) in [5.74, 6) is 6.08. The van der Waals surface area contributed by atoms with Crippen LogP contribution in [0.25, 0.3) is 10.9 Å². The van der Waals surface area contributed by atoms with Gasteiger partial charge in [-0.05, 0) is 41.9 Å². The second-order valence-electron chi connectivity index (χ2n) is 6.87. The summed E-state index contributed by atoms with van der Waals surface area (Å²) in [6.07, 6.45) is 0. The molecule has 2 rings (SSSR count). The van der Waals surface area contributed by atoms with Crippen LogP contribution in [0, 0.1) is 0 Å². The quantitative estimate of drug-likeness (QED) is 0.508. The van der Waals surface area contributed by atoms with Gasteiger partial charge in [0, 0.05) is 5.39 Å². The van der Waals surface area contributed by atoms with Crippen molar-refractivity contribution >= 4 is 25.0 Å². The van der Waals surface area contributed by atoms with Crippen LogP contribution in [0.3, 0.4) is 0 Å². The van der Waals surface area contributed by atoms with Gasteiger partial charge in [0.2, 0.25) is 0 Å². The van der Waals surface area contributed by atoms with Gasteiger partial charge in [-0.1, -0.05) is 32.9 Å². The number of aromatic nitrogens is 1. The molecule has 5 heteroatoms. The molecule has 1 heterocycles. The van der Waals surface area contributed by atoms with Crippen LogP contribution >= 0.6 is 0 Å². The van der Waals surface area contributed by atoms with E-state index in [4.69, 9.17) is 10.3 Å². The van der Waals surface area contributed by atoms with Crippen LogP contribution in [0.1, 0.15) is 26.3 Å². The van der Waals surface area contributed by atoms with E-state index in [2.05, 4.69) is 50.3 Å². The Morgan fingerprint density at radius 1 is 1.19 bits per heavy atom. The molecule has 0 radical (unpaired) electrons. The van der Waals surface area contributed by atoms with Crippen molar-refractivity contribution < 1.29 is 4.43 Å². The van der Waals surface area contributed by atoms with Crippen molar-refractivity contribution in [3.8, 4) is 0 Å². The normalized spacial score (nSPS) is 12.7. The summed E-state index contributed by atoms with van der Waals surface area (Å²) in [7, 11) is -1.75. The first-order valence-corrected chi connectivity index (χ1v) is 10.1. The number of nitrogen functional groups attached to an aromatic ring is 1. The number of hydrogen-bond acceptors (Lipinski definition) is 4. The first-order chi connectivity index (χ1) is 9.74. The molecule has 1 aromatic heterocycles. The van der Waals surface area contributed by atoms with Crippen LogP contribution in [0.5, 0.6) is 0 Å². The van der Waals surface area contributed by atoms with E-state index in [1.807, 2.05) is 24.3 Å². The van der Waals surface area contributed by atoms with Crippen LogP contribution in [0.4, 0.5) is 5.82 Å². The monoisotopic (exact) mass is 303 g/mol. The zero-order valence-corrected chi connectivity index (χ0v) is 14.5. The van der Waals surface area contributed by atoms with Crippen LogP contribution in [0.15, 0.2) is 30.3 Å². The molecule has 0 bridgehead atoms. The highest BCUT2D eigenvalue weighted by atomic mass is 28.4. The van der Waals surface area contributed by atoms with Gasteiger partial charge in [-0.3, -0.25) is 0 Å². The summed E-state index contributed by atoms with van der Waals surface area (Å²) in [6, 6.07) is 10.0. The summed E-state index contributed by atoms with van der Waals surface area (Å²) in [5, 5.41) is 1.34. The number of hydrogen-bond donors (Lipinski definition) is 2. The van der Waals surface area contributed by atoms with E-state index in [0.29, 0.717) is 12.4 Å². The van der Waals surface area contributed by atoms with Gasteiger partial charge >= 0.3 is 0 Å². The van der Waals surface area contributed by atoms with Gasteiger partial charge in [0.1, 0.15) is 5.82 Å². The zero-order chi connectivity index (χ0) is 15.7. The molecule has 0 saturated carbocycles. The van der Waals surface area contributed by atoms with E-state index in [-0.39, 0.29) is 5.04 Å². The lowest BCUT2D eigenvalue weighted by molar-refractivity contribution is 0.277. The molecular weight excluding hydrogens is 278 g/mol. The van der Waals surface area contributed by atoms with Gasteiger partial charge < -0.3 is 9.85 Å². The highest BCUT2D eigenvalue weighted by molar-refractivity contribution is 6.74. The van der Waals surface area contributed by atoms with Gasteiger partial charge in [-0.25, -0.2) is 10.8 Å². The van der Waals surface area contributed by atoms with Crippen LogP contribution in [-0.2, 0) is 11.0 Å². The number of benzene rings is 1. The van der Waals surface area contributed by atoms with Crippen molar-refractivity contribution in [2.75, 3.05) is 5.43 Å². The van der Waals surface area contributed by atoms with E-state index in [0.717, 1.165) is 10.9 Å². The third kappa shape index (κ3) is 3.43. The number of anilines is 1. The molecule has 114 valence electrons. The predicted octanol–water partition coefficient (Wildman–Crippen LogP) is 4.04. The van der Waals surface area contributed by atoms with Gasteiger partial charge in [0.05, 0.1) is 12.1 Å². The molecule has 0 aliphatic heterocycles. The van der Waals surface area contributed by atoms with E-state index in [1.165, 1.54) is 5.56 Å². The molecule has 0 spiro atoms. The topological polar surface area (TPSA) is 60.2 Å². The zero-order valence-electron chi connectivity index (χ0n) is 13.5. The Morgan fingerprint density at radius 3 is 2.52 bits per heavy atom. The molecule has 0 fully saturated rings. The summed E-state index contributed by atoms with van der Waals surface area (Å²) in [4.78, 5) is 4.47. The fraction of sp³-hybridized carbons (Fsp3) is 0.438. The molecule has 4 nitrogen and oxygen atoms in total. The van der Waals surface area contributed by atoms with Crippen molar-refractivity contribution in [3.63, 3.8) is 0 Å². The Bertz CT molecular complexity index is 635. The number of fused-ring (bicyclic) bond motifs is 1. The standard InChI is InChI=1S/C16H25N3OSi/c1-16(2,3)21(4,5)20-11-12-7-6-8-14-13(12)9-10-15(18-14)19-17/h6-10H,11,17H2,1-5H3,(H,18,19). The summed E-state index contributed by atoms with van der Waals surface area (Å²) in [6.45, 7) is 11.9. The lowest BCUT2D eigenvalue weighted by Crippen LogP contribution is -2.40. The van der Waals surface area contributed by atoms with Crippen molar-refractivity contribution in [2.45, 2.75) is 45.5 Å². The fourth-order valence-corrected chi connectivity index (χ4v) is 2.85. The second-order valence-corrected chi connectivity index (χ2v) is 11.7. The Hall–Kier alpha value is -1.43. The Kier molecular flexibility index (Phi) is 4.37. The molecule has 1 aromatic carbocycles. The number of nitrogens with one attached hydrogen (secondary N) is 1. The third-order valence-electron chi connectivity index (χ3n) is 4.36. The molecule has 0 amide bonds. The van der Waals surface area contributed by atoms with Crippen molar-refractivity contribution in [1.82, 2.24) is 4.98 Å². The first-order valence-electron chi connectivity index (χ1n) is 7.24. The molecule has 0 aliphatic carbocycles. The van der Waals surface area contributed by atoms with E-state index < -0.39 is 8.32 Å². The Labute approximate surface area is 127 Å². The lowest BCUT2D eigenvalue weighted by Gasteiger charge is -2.36. The molecule has 0 aliphatic rings. The van der Waals surface area contributed by atoms with Gasteiger partial charge in [-0.15, -0.1) is 0 Å². The van der Waals surface area contributed by atoms with Crippen LogP contribution in [0.2, 0.25) is 18.1 Å². The number of nitrogens with zero attached hydrogens (tertiary/aromatic N) is 1. The van der Waals surface area contributed by atoms with Crippen molar-refractivity contribution in [2.24, 2.45) is 5.84 Å². The number of pyridine rings is 1. The van der Waals surface area contributed by atoms with Crippen molar-refractivity contribution in [3.05, 3.63) is 35.9 Å². The minimum atomic E-state index is -1.75. The molecular formula is C16H25N3OSi. The summed E-state index contributed by atoms with van der Waals surface area (Å²) >= 11 is 0. The third-order valence-corrected chi connectivity index (χ3v) is 8.84. The number of rotatable bonds is 4. The predicted molar refractivity (Wildman–Crippen MR) is 91.5 cm³/mol. The summed E-state index contributed by atoms with van der Waals surface area (Å²) < 4.78 is 6.32. The number of hydrazine groups is 1. The fourth-order valence-electron chi connectivity index (χ4n) is 1.90. The van der Waals surface area contributed by atoms with Gasteiger partial charge in [-0.2, -0.15) is 0 Å². The minimum absolute atomic E-state index is 0.215. The summed E-state index contributed by atoms with van der Waals surface area (Å²) in [5.41, 5.74) is 4.69. The minimum Gasteiger partial charge on any atom is -0.413 e. The molecule has 0 atom stereocenters. The molecule has 0 unspecified atom stereocenters. The van der Waals surface area contributed by atoms with Crippen LogP contribution in [-0.4, -0.2) is 13.3 Å². The van der Waals surface area contributed by atoms with Crippen LogP contribution < -0.4 is 11.3 Å². The highest BCUT2D eigenvalue weighted by Gasteiger charge is 2.37. The maximum atomic E-state index is 6.32. The lowest BCUT2D eigenvalue weighted by atomic mass is 10.1. The number of nitrogens with two attached hydrogens (primary N) is 1. The second kappa shape index (κ2) is 5.75. The SMILES string of the molecule is CC(C)(C)[Si](C)(C)OCc1cccc2nc(NN)ccc12. The van der Waals surface area contributed by atoms with Crippen molar-refractivity contribution in [1.29, 1.82) is 0 Å². The Morgan fingerprint density at radius 2 is 1.90 bits per heavy atom. The highest BCUT2D eigenvalue weighted by Crippen LogP contribution is 2.37. The maximum absolute atomic E-state index is 6.32. The maximum Gasteiger partial charge on any atom is 0.192 e. The molecule has 2 aromatic rings. The molecule has 0 saturated heterocycles. The van der Waals surface area contributed by atoms with E-state index in [9.17, 15) is 0 Å². The van der Waals surface area contributed by atoms with Gasteiger partial charge in [0.25, 0.3) is 0 Å². The first kappa shape index (κ1) is 15.9. The largest absolute Gasteiger partial charge is 0.413 e. The van der Waals surface area contributed by atoms with E-state index in [1.54, 1.807) is 0 Å². The van der Waals surface area contributed by atoms with E-state index >= 15 is 0 Å². The average molecular weight is 303 g/mol. The average Bonchev–Trinajstić information content (AvgIpc) is 2.43.